The standard InChI is InChI=1S/C6H10N2O6P2S/c1-2-4-3-7-5(17-4)8-6(15(9,10)11)16(12,13)14/h3,9-11H,2H2,1H3,(H-,12,13,14)/p+1. The van der Waals surface area contributed by atoms with Crippen molar-refractivity contribution in [3.05, 3.63) is 11.1 Å². The Morgan fingerprint density at radius 1 is 1.53 bits per heavy atom. The molecule has 0 aliphatic heterocycles. The quantitative estimate of drug-likeness (QED) is 0.405. The van der Waals surface area contributed by atoms with Gasteiger partial charge in [-0.25, -0.2) is 9.55 Å². The second-order valence-corrected chi connectivity index (χ2v) is 7.51. The van der Waals surface area contributed by atoms with E-state index >= 15 is 0 Å². The second kappa shape index (κ2) is 5.17. The molecule has 0 fully saturated rings. The Morgan fingerprint density at radius 2 is 2.12 bits per heavy atom. The molecule has 0 atom stereocenters. The van der Waals surface area contributed by atoms with E-state index in [1.54, 1.807) is 0 Å². The summed E-state index contributed by atoms with van der Waals surface area (Å²) in [6.07, 6.45) is 2.11. The van der Waals surface area contributed by atoms with Crippen molar-refractivity contribution in [2.45, 2.75) is 13.3 Å². The van der Waals surface area contributed by atoms with Gasteiger partial charge in [-0.2, -0.15) is 19.7 Å². The lowest BCUT2D eigenvalue weighted by molar-refractivity contribution is 0.349. The minimum atomic E-state index is -5.05. The maximum absolute atomic E-state index is 10.9. The highest BCUT2D eigenvalue weighted by Gasteiger charge is 2.52. The monoisotopic (exact) mass is 301 g/mol. The summed E-state index contributed by atoms with van der Waals surface area (Å²) in [6.45, 7) is 1.85. The number of aryl methyl sites for hydroxylation is 1. The Balaban J connectivity index is 3.20. The molecule has 0 saturated heterocycles. The lowest BCUT2D eigenvalue weighted by atomic mass is 10.4. The molecule has 0 radical (unpaired) electrons. The molecule has 5 N–H and O–H groups in total. The number of nitrogens with zero attached hydrogens (tertiary/aromatic N) is 2. The molecular formula is C6H11N2O6P2S+. The summed E-state index contributed by atoms with van der Waals surface area (Å²) in [4.78, 5) is 52.3. The van der Waals surface area contributed by atoms with Crippen LogP contribution in [-0.4, -0.2) is 34.6 Å². The van der Waals surface area contributed by atoms with E-state index in [2.05, 4.69) is 9.98 Å². The fourth-order valence-corrected chi connectivity index (χ4v) is 3.62. The zero-order valence-corrected chi connectivity index (χ0v) is 11.2. The van der Waals surface area contributed by atoms with Crippen molar-refractivity contribution in [2.24, 2.45) is 4.99 Å². The van der Waals surface area contributed by atoms with Gasteiger partial charge < -0.3 is 9.79 Å². The molecule has 8 nitrogen and oxygen atoms in total. The number of thiazole rings is 1. The predicted octanol–water partition coefficient (Wildman–Crippen LogP) is 0.610. The molecule has 96 valence electrons. The number of rotatable bonds is 4. The van der Waals surface area contributed by atoms with Crippen LogP contribution in [0.4, 0.5) is 5.13 Å². The van der Waals surface area contributed by atoms with Gasteiger partial charge in [0.05, 0.1) is 0 Å². The van der Waals surface area contributed by atoms with Crippen LogP contribution in [0.3, 0.4) is 0 Å². The van der Waals surface area contributed by atoms with Gasteiger partial charge >= 0.3 is 20.7 Å². The predicted molar refractivity (Wildman–Crippen MR) is 64.2 cm³/mol. The number of hydrogen-bond acceptors (Lipinski definition) is 7. The average molecular weight is 301 g/mol. The Labute approximate surface area is 101 Å². The Kier molecular flexibility index (Phi) is 4.51. The molecule has 0 unspecified atom stereocenters. The van der Waals surface area contributed by atoms with E-state index in [1.807, 2.05) is 6.92 Å². The van der Waals surface area contributed by atoms with Crippen LogP contribution in [-0.2, 0) is 11.0 Å². The van der Waals surface area contributed by atoms with Gasteiger partial charge in [0.1, 0.15) is 0 Å². The third-order valence-corrected chi connectivity index (χ3v) is 5.49. The summed E-state index contributed by atoms with van der Waals surface area (Å²) in [6, 6.07) is 0. The molecule has 1 rings (SSSR count). The van der Waals surface area contributed by atoms with Crippen LogP contribution in [0.1, 0.15) is 11.8 Å². The third-order valence-electron chi connectivity index (χ3n) is 1.61. The molecule has 0 aliphatic rings. The van der Waals surface area contributed by atoms with Gasteiger partial charge in [0.2, 0.25) is 5.13 Å². The van der Waals surface area contributed by atoms with Crippen molar-refractivity contribution in [3.63, 3.8) is 0 Å². The van der Waals surface area contributed by atoms with Crippen LogP contribution < -0.4 is 0 Å². The van der Waals surface area contributed by atoms with Crippen LogP contribution in [0.5, 0.6) is 0 Å². The van der Waals surface area contributed by atoms with E-state index in [1.165, 1.54) is 6.20 Å². The van der Waals surface area contributed by atoms with E-state index in [0.29, 0.717) is 6.42 Å². The van der Waals surface area contributed by atoms with Crippen molar-refractivity contribution in [2.75, 3.05) is 0 Å². The summed E-state index contributed by atoms with van der Waals surface area (Å²) in [7, 11) is -9.90. The summed E-state index contributed by atoms with van der Waals surface area (Å²) >= 11 is 1.04. The van der Waals surface area contributed by atoms with Crippen molar-refractivity contribution < 1.29 is 29.0 Å². The Morgan fingerprint density at radius 3 is 2.47 bits per heavy atom. The van der Waals surface area contributed by atoms with Crippen molar-refractivity contribution >= 4 is 37.2 Å². The molecule has 0 aromatic carbocycles. The lowest BCUT2D eigenvalue weighted by Crippen LogP contribution is -2.05. The van der Waals surface area contributed by atoms with Crippen LogP contribution in [0.2, 0.25) is 0 Å². The second-order valence-electron chi connectivity index (χ2n) is 2.99. The maximum atomic E-state index is 10.9. The highest BCUT2D eigenvalue weighted by molar-refractivity contribution is 8.00. The van der Waals surface area contributed by atoms with E-state index in [9.17, 15) is 4.57 Å². The highest BCUT2D eigenvalue weighted by Crippen LogP contribution is 2.61. The third kappa shape index (κ3) is 4.17. The molecule has 1 aromatic heterocycles. The smallest absolute Gasteiger partial charge is 0.317 e. The molecular weight excluding hydrogens is 290 g/mol. The zero-order valence-electron chi connectivity index (χ0n) is 8.63. The Hall–Kier alpha value is -0.240. The Bertz CT molecular complexity index is 475. The van der Waals surface area contributed by atoms with Crippen LogP contribution in [0.15, 0.2) is 11.2 Å². The van der Waals surface area contributed by atoms with Gasteiger partial charge in [-0.3, -0.25) is 0 Å². The molecule has 0 spiro atoms. The summed E-state index contributed by atoms with van der Waals surface area (Å²) < 4.78 is 10.9. The first kappa shape index (κ1) is 14.8. The lowest BCUT2D eigenvalue weighted by Gasteiger charge is -2.06. The van der Waals surface area contributed by atoms with E-state index < -0.39 is 20.7 Å². The van der Waals surface area contributed by atoms with Gasteiger partial charge in [-0.1, -0.05) is 18.3 Å². The van der Waals surface area contributed by atoms with E-state index in [4.69, 9.17) is 24.5 Å². The van der Waals surface area contributed by atoms with Gasteiger partial charge in [-0.05, 0) is 6.42 Å². The summed E-state index contributed by atoms with van der Waals surface area (Å²) in [5, 5.41) is -1.40. The van der Waals surface area contributed by atoms with Crippen LogP contribution in [0, 0.1) is 0 Å². The fraction of sp³-hybridized carbons (Fsp3) is 0.333. The minimum absolute atomic E-state index is 0.0540. The maximum Gasteiger partial charge on any atom is 0.469 e. The van der Waals surface area contributed by atoms with E-state index in [-0.39, 0.29) is 5.13 Å². The largest absolute Gasteiger partial charge is 0.469 e. The minimum Gasteiger partial charge on any atom is -0.317 e. The molecule has 0 aliphatic carbocycles. The fourth-order valence-electron chi connectivity index (χ4n) is 0.905. The van der Waals surface area contributed by atoms with Gasteiger partial charge in [0, 0.05) is 11.1 Å². The van der Waals surface area contributed by atoms with Crippen LogP contribution in [0.25, 0.3) is 0 Å². The molecule has 17 heavy (non-hydrogen) atoms. The first-order valence-electron chi connectivity index (χ1n) is 4.32. The van der Waals surface area contributed by atoms with Crippen molar-refractivity contribution in [1.82, 2.24) is 4.98 Å². The number of aromatic nitrogens is 1. The summed E-state index contributed by atoms with van der Waals surface area (Å²) in [5.41, 5.74) is 0. The van der Waals surface area contributed by atoms with Gasteiger partial charge in [-0.15, -0.1) is 0 Å². The van der Waals surface area contributed by atoms with Crippen LogP contribution >= 0.6 is 26.9 Å². The topological polar surface area (TPSA) is 143 Å². The van der Waals surface area contributed by atoms with Crippen molar-refractivity contribution in [1.29, 1.82) is 0 Å². The van der Waals surface area contributed by atoms with Gasteiger partial charge in [0.15, 0.2) is 0 Å². The molecule has 11 heteroatoms. The number of hydrogen-bond donors (Lipinski definition) is 5. The van der Waals surface area contributed by atoms with Gasteiger partial charge in [0.25, 0.3) is 0 Å². The first-order chi connectivity index (χ1) is 7.64. The summed E-state index contributed by atoms with van der Waals surface area (Å²) in [5.74, 6) is 0. The van der Waals surface area contributed by atoms with Crippen molar-refractivity contribution in [3.8, 4) is 0 Å². The molecule has 0 saturated carbocycles. The normalized spacial score (nSPS) is 14.1. The SMILES string of the molecule is CCc1cnc(N=C(P(=O)(O)O)[P+](O)(O)O)s1. The average Bonchev–Trinajstić information content (AvgIpc) is 2.58. The molecule has 1 aromatic rings. The molecule has 1 heterocycles. The first-order valence-corrected chi connectivity index (χ1v) is 8.39. The molecule has 0 amide bonds. The van der Waals surface area contributed by atoms with E-state index in [0.717, 1.165) is 16.2 Å². The number of aliphatic imine (C=N–C) groups is 1. The highest BCUT2D eigenvalue weighted by atomic mass is 32.1. The molecule has 0 bridgehead atoms. The zero-order chi connectivity index (χ0) is 13.3.